The van der Waals surface area contributed by atoms with Crippen molar-refractivity contribution in [1.29, 1.82) is 0 Å². The molecule has 5 heteroatoms. The molecule has 1 atom stereocenters. The van der Waals surface area contributed by atoms with Crippen molar-refractivity contribution in [1.82, 2.24) is 14.8 Å². The van der Waals surface area contributed by atoms with Crippen molar-refractivity contribution >= 4 is 5.69 Å². The quantitative estimate of drug-likeness (QED) is 0.809. The molecule has 0 amide bonds. The summed E-state index contributed by atoms with van der Waals surface area (Å²) < 4.78 is 1.79. The first-order valence-electron chi connectivity index (χ1n) is 5.34. The average Bonchev–Trinajstić information content (AvgIpc) is 2.78. The molecule has 2 aromatic rings. The fourth-order valence-corrected chi connectivity index (χ4v) is 1.73. The van der Waals surface area contributed by atoms with Crippen LogP contribution in [0.25, 0.3) is 4.85 Å². The number of pyridine rings is 1. The summed E-state index contributed by atoms with van der Waals surface area (Å²) in [6, 6.07) is 3.89. The minimum absolute atomic E-state index is 0.0232. The Morgan fingerprint density at radius 2 is 2.35 bits per heavy atom. The summed E-state index contributed by atoms with van der Waals surface area (Å²) in [6.45, 7) is 7.34. The van der Waals surface area contributed by atoms with E-state index in [0.29, 0.717) is 18.7 Å². The van der Waals surface area contributed by atoms with Gasteiger partial charge in [0, 0.05) is 25.0 Å². The zero-order chi connectivity index (χ0) is 12.1. The SMILES string of the molecule is [C-]#[N+]CCC(c1cccnc1)n1cc(N)cn1. The van der Waals surface area contributed by atoms with Gasteiger partial charge in [0.2, 0.25) is 6.54 Å². The largest absolute Gasteiger partial charge is 0.396 e. The molecule has 17 heavy (non-hydrogen) atoms. The summed E-state index contributed by atoms with van der Waals surface area (Å²) in [5.74, 6) is 0. The van der Waals surface area contributed by atoms with Gasteiger partial charge in [0.25, 0.3) is 0 Å². The minimum Gasteiger partial charge on any atom is -0.396 e. The number of nitrogen functional groups attached to an aromatic ring is 1. The Kier molecular flexibility index (Phi) is 3.36. The van der Waals surface area contributed by atoms with Crippen molar-refractivity contribution in [3.8, 4) is 0 Å². The van der Waals surface area contributed by atoms with Crippen molar-refractivity contribution in [2.45, 2.75) is 12.5 Å². The molecule has 2 rings (SSSR count). The molecule has 5 nitrogen and oxygen atoms in total. The molecular weight excluding hydrogens is 214 g/mol. The Morgan fingerprint density at radius 3 is 2.94 bits per heavy atom. The molecule has 0 spiro atoms. The van der Waals surface area contributed by atoms with Crippen molar-refractivity contribution < 1.29 is 0 Å². The third kappa shape index (κ3) is 2.61. The number of hydrogen-bond donors (Lipinski definition) is 1. The van der Waals surface area contributed by atoms with E-state index in [1.165, 1.54) is 0 Å². The number of rotatable bonds is 4. The molecule has 0 radical (unpaired) electrons. The maximum atomic E-state index is 6.88. The molecule has 0 bridgehead atoms. The van der Waals surface area contributed by atoms with E-state index in [0.717, 1.165) is 5.56 Å². The summed E-state index contributed by atoms with van der Waals surface area (Å²) in [4.78, 5) is 7.49. The first kappa shape index (κ1) is 11.1. The van der Waals surface area contributed by atoms with Crippen LogP contribution in [0.4, 0.5) is 5.69 Å². The third-order valence-corrected chi connectivity index (χ3v) is 2.52. The third-order valence-electron chi connectivity index (χ3n) is 2.52. The van der Waals surface area contributed by atoms with E-state index in [4.69, 9.17) is 12.3 Å². The maximum absolute atomic E-state index is 6.88. The minimum atomic E-state index is 0.0232. The zero-order valence-corrected chi connectivity index (χ0v) is 9.32. The lowest BCUT2D eigenvalue weighted by molar-refractivity contribution is 0.503. The predicted octanol–water partition coefficient (Wildman–Crippen LogP) is 1.76. The summed E-state index contributed by atoms with van der Waals surface area (Å²) in [5.41, 5.74) is 7.33. The van der Waals surface area contributed by atoms with Gasteiger partial charge in [-0.1, -0.05) is 6.07 Å². The van der Waals surface area contributed by atoms with Gasteiger partial charge in [-0.2, -0.15) is 5.10 Å². The van der Waals surface area contributed by atoms with Gasteiger partial charge in [-0.25, -0.2) is 6.57 Å². The zero-order valence-electron chi connectivity index (χ0n) is 9.32. The lowest BCUT2D eigenvalue weighted by Crippen LogP contribution is -2.12. The van der Waals surface area contributed by atoms with Gasteiger partial charge in [0.1, 0.15) is 0 Å². The highest BCUT2D eigenvalue weighted by Gasteiger charge is 2.15. The monoisotopic (exact) mass is 227 g/mol. The van der Waals surface area contributed by atoms with Crippen LogP contribution in [0.15, 0.2) is 36.9 Å². The topological polar surface area (TPSA) is 61.1 Å². The highest BCUT2D eigenvalue weighted by Crippen LogP contribution is 2.21. The standard InChI is InChI=1S/C12H13N5/c1-14-6-4-12(10-3-2-5-15-7-10)17-9-11(13)8-16-17/h2-3,5,7-9,12H,4,6,13H2. The Hall–Kier alpha value is -2.35. The first-order chi connectivity index (χ1) is 8.31. The second-order valence-corrected chi connectivity index (χ2v) is 3.73. The lowest BCUT2D eigenvalue weighted by atomic mass is 10.1. The average molecular weight is 227 g/mol. The number of nitrogens with zero attached hydrogens (tertiary/aromatic N) is 4. The van der Waals surface area contributed by atoms with Crippen LogP contribution in [-0.4, -0.2) is 21.3 Å². The van der Waals surface area contributed by atoms with Crippen molar-refractivity contribution in [3.05, 3.63) is 53.9 Å². The Morgan fingerprint density at radius 1 is 1.47 bits per heavy atom. The van der Waals surface area contributed by atoms with Crippen LogP contribution in [0, 0.1) is 6.57 Å². The van der Waals surface area contributed by atoms with Crippen molar-refractivity contribution in [2.75, 3.05) is 12.3 Å². The predicted molar refractivity (Wildman–Crippen MR) is 65.1 cm³/mol. The molecule has 0 fully saturated rings. The lowest BCUT2D eigenvalue weighted by Gasteiger charge is -2.14. The molecule has 2 heterocycles. The van der Waals surface area contributed by atoms with Gasteiger partial charge in [0.15, 0.2) is 0 Å². The van der Waals surface area contributed by atoms with E-state index in [1.54, 1.807) is 29.5 Å². The highest BCUT2D eigenvalue weighted by atomic mass is 15.3. The second kappa shape index (κ2) is 5.12. The Labute approximate surface area is 99.7 Å². The van der Waals surface area contributed by atoms with Crippen LogP contribution in [0.5, 0.6) is 0 Å². The van der Waals surface area contributed by atoms with E-state index < -0.39 is 0 Å². The fourth-order valence-electron chi connectivity index (χ4n) is 1.73. The van der Waals surface area contributed by atoms with E-state index in [9.17, 15) is 0 Å². The van der Waals surface area contributed by atoms with Crippen LogP contribution in [0.3, 0.4) is 0 Å². The molecule has 1 unspecified atom stereocenters. The van der Waals surface area contributed by atoms with Gasteiger partial charge < -0.3 is 10.6 Å². The van der Waals surface area contributed by atoms with Crippen molar-refractivity contribution in [2.24, 2.45) is 0 Å². The highest BCUT2D eigenvalue weighted by molar-refractivity contribution is 5.31. The van der Waals surface area contributed by atoms with Crippen LogP contribution < -0.4 is 5.73 Å². The van der Waals surface area contributed by atoms with Gasteiger partial charge in [-0.3, -0.25) is 9.67 Å². The molecule has 86 valence electrons. The summed E-state index contributed by atoms with van der Waals surface area (Å²) in [7, 11) is 0. The molecule has 0 aromatic carbocycles. The van der Waals surface area contributed by atoms with Gasteiger partial charge in [0.05, 0.1) is 17.9 Å². The van der Waals surface area contributed by atoms with Crippen molar-refractivity contribution in [3.63, 3.8) is 0 Å². The van der Waals surface area contributed by atoms with E-state index in [2.05, 4.69) is 14.9 Å². The fraction of sp³-hybridized carbons (Fsp3) is 0.250. The molecule has 0 aliphatic carbocycles. The summed E-state index contributed by atoms with van der Waals surface area (Å²) in [6.07, 6.45) is 7.62. The molecule has 2 N–H and O–H groups in total. The molecule has 0 aliphatic rings. The first-order valence-corrected chi connectivity index (χ1v) is 5.34. The molecule has 2 aromatic heterocycles. The Bertz CT molecular complexity index is 511. The van der Waals surface area contributed by atoms with E-state index in [-0.39, 0.29) is 6.04 Å². The summed E-state index contributed by atoms with van der Waals surface area (Å²) >= 11 is 0. The van der Waals surface area contributed by atoms with Crippen LogP contribution in [0.1, 0.15) is 18.0 Å². The normalized spacial score (nSPS) is 11.9. The number of aromatic nitrogens is 3. The van der Waals surface area contributed by atoms with Crippen LogP contribution >= 0.6 is 0 Å². The number of nitrogens with two attached hydrogens (primary N) is 1. The smallest absolute Gasteiger partial charge is 0.217 e. The molecule has 0 saturated carbocycles. The van der Waals surface area contributed by atoms with Crippen LogP contribution in [-0.2, 0) is 0 Å². The van der Waals surface area contributed by atoms with Gasteiger partial charge in [-0.15, -0.1) is 0 Å². The maximum Gasteiger partial charge on any atom is 0.217 e. The number of anilines is 1. The van der Waals surface area contributed by atoms with Crippen LogP contribution in [0.2, 0.25) is 0 Å². The van der Waals surface area contributed by atoms with E-state index in [1.807, 2.05) is 12.1 Å². The molecular formula is C12H13N5. The molecule has 0 aliphatic heterocycles. The van der Waals surface area contributed by atoms with E-state index >= 15 is 0 Å². The van der Waals surface area contributed by atoms with Gasteiger partial charge in [-0.05, 0) is 11.6 Å². The Balaban J connectivity index is 2.29. The second-order valence-electron chi connectivity index (χ2n) is 3.73. The summed E-state index contributed by atoms with van der Waals surface area (Å²) in [5, 5.41) is 4.21. The molecule has 0 saturated heterocycles. The van der Waals surface area contributed by atoms with Gasteiger partial charge >= 0.3 is 0 Å². The number of hydrogen-bond acceptors (Lipinski definition) is 3.